The molecule has 7 heteroatoms. The molecule has 118 valence electrons. The second-order valence-electron chi connectivity index (χ2n) is 5.70. The lowest BCUT2D eigenvalue weighted by atomic mass is 9.97. The number of thiazole rings is 1. The van der Waals surface area contributed by atoms with Gasteiger partial charge in [-0.3, -0.25) is 4.79 Å². The van der Waals surface area contributed by atoms with Crippen molar-refractivity contribution in [3.8, 4) is 0 Å². The molecule has 0 saturated carbocycles. The summed E-state index contributed by atoms with van der Waals surface area (Å²) < 4.78 is 1.17. The molecule has 1 saturated heterocycles. The number of aromatic amines is 1. The third-order valence-electron chi connectivity index (χ3n) is 4.23. The highest BCUT2D eigenvalue weighted by molar-refractivity contribution is 7.18. The minimum atomic E-state index is 0.0250. The fraction of sp³-hybridized carbons (Fsp3) is 0.312. The molecule has 1 aliphatic heterocycles. The van der Waals surface area contributed by atoms with Gasteiger partial charge in [0.05, 0.1) is 27.7 Å². The van der Waals surface area contributed by atoms with Crippen molar-refractivity contribution in [3.63, 3.8) is 0 Å². The summed E-state index contributed by atoms with van der Waals surface area (Å²) in [6, 6.07) is 5.83. The zero-order chi connectivity index (χ0) is 15.8. The van der Waals surface area contributed by atoms with Crippen LogP contribution in [0.15, 0.2) is 30.7 Å². The van der Waals surface area contributed by atoms with Crippen LogP contribution in [0.5, 0.6) is 0 Å². The normalized spacial score (nSPS) is 16.1. The molecule has 0 atom stereocenters. The molecule has 0 aliphatic carbocycles. The third kappa shape index (κ3) is 2.84. The predicted molar refractivity (Wildman–Crippen MR) is 91.1 cm³/mol. The standard InChI is InChI=1S/C16H15ClN4OS/c17-11-1-2-14-12(7-11)20-15(23-14)10-3-5-21(6-4-10)16(22)13-8-18-9-19-13/h1-2,7-10H,3-6H2,(H,18,19). The summed E-state index contributed by atoms with van der Waals surface area (Å²) in [4.78, 5) is 25.7. The van der Waals surface area contributed by atoms with Crippen LogP contribution in [0.25, 0.3) is 10.2 Å². The van der Waals surface area contributed by atoms with Crippen molar-refractivity contribution in [1.82, 2.24) is 19.9 Å². The van der Waals surface area contributed by atoms with Gasteiger partial charge >= 0.3 is 0 Å². The number of carbonyl (C=O) groups excluding carboxylic acids is 1. The van der Waals surface area contributed by atoms with Gasteiger partial charge in [-0.2, -0.15) is 0 Å². The van der Waals surface area contributed by atoms with Crippen LogP contribution in [0.1, 0.15) is 34.3 Å². The number of imidazole rings is 1. The molecule has 2 aromatic heterocycles. The lowest BCUT2D eigenvalue weighted by molar-refractivity contribution is 0.0707. The molecule has 0 radical (unpaired) electrons. The van der Waals surface area contributed by atoms with E-state index < -0.39 is 0 Å². The highest BCUT2D eigenvalue weighted by Gasteiger charge is 2.27. The Balaban J connectivity index is 1.47. The lowest BCUT2D eigenvalue weighted by Crippen LogP contribution is -2.38. The summed E-state index contributed by atoms with van der Waals surface area (Å²) in [6.07, 6.45) is 4.98. The number of aromatic nitrogens is 3. The van der Waals surface area contributed by atoms with Crippen LogP contribution in [-0.2, 0) is 0 Å². The molecule has 1 aromatic carbocycles. The van der Waals surface area contributed by atoms with Crippen molar-refractivity contribution in [2.75, 3.05) is 13.1 Å². The molecular weight excluding hydrogens is 332 g/mol. The van der Waals surface area contributed by atoms with Gasteiger partial charge in [0, 0.05) is 24.0 Å². The largest absolute Gasteiger partial charge is 0.341 e. The van der Waals surface area contributed by atoms with E-state index in [1.807, 2.05) is 23.1 Å². The highest BCUT2D eigenvalue weighted by Crippen LogP contribution is 2.34. The van der Waals surface area contributed by atoms with Crippen molar-refractivity contribution in [2.24, 2.45) is 0 Å². The second-order valence-corrected chi connectivity index (χ2v) is 7.19. The molecule has 1 amide bonds. The number of nitrogens with zero attached hydrogens (tertiary/aromatic N) is 3. The monoisotopic (exact) mass is 346 g/mol. The average Bonchev–Trinajstić information content (AvgIpc) is 3.23. The molecule has 5 nitrogen and oxygen atoms in total. The number of fused-ring (bicyclic) bond motifs is 1. The van der Waals surface area contributed by atoms with Gasteiger partial charge in [-0.05, 0) is 31.0 Å². The quantitative estimate of drug-likeness (QED) is 0.769. The SMILES string of the molecule is O=C(c1cnc[nH]1)N1CCC(c2nc3cc(Cl)ccc3s2)CC1. The Morgan fingerprint density at radius 2 is 2.17 bits per heavy atom. The molecule has 3 heterocycles. The van der Waals surface area contributed by atoms with E-state index >= 15 is 0 Å². The van der Waals surface area contributed by atoms with Gasteiger partial charge in [0.15, 0.2) is 0 Å². The molecule has 0 unspecified atom stereocenters. The number of hydrogen-bond acceptors (Lipinski definition) is 4. The summed E-state index contributed by atoms with van der Waals surface area (Å²) in [5.74, 6) is 0.439. The van der Waals surface area contributed by atoms with Crippen molar-refractivity contribution < 1.29 is 4.79 Å². The number of piperidine rings is 1. The number of hydrogen-bond donors (Lipinski definition) is 1. The van der Waals surface area contributed by atoms with Crippen molar-refractivity contribution in [2.45, 2.75) is 18.8 Å². The van der Waals surface area contributed by atoms with E-state index in [1.54, 1.807) is 17.5 Å². The topological polar surface area (TPSA) is 61.9 Å². The van der Waals surface area contributed by atoms with Crippen LogP contribution in [0.4, 0.5) is 0 Å². The fourth-order valence-corrected chi connectivity index (χ4v) is 4.25. The van der Waals surface area contributed by atoms with Gasteiger partial charge in [0.2, 0.25) is 0 Å². The molecule has 0 spiro atoms. The minimum absolute atomic E-state index is 0.0250. The van der Waals surface area contributed by atoms with Gasteiger partial charge in [-0.1, -0.05) is 11.6 Å². The summed E-state index contributed by atoms with van der Waals surface area (Å²) in [5, 5.41) is 1.87. The Morgan fingerprint density at radius 3 is 2.91 bits per heavy atom. The average molecular weight is 347 g/mol. The van der Waals surface area contributed by atoms with E-state index in [9.17, 15) is 4.79 Å². The molecule has 1 fully saturated rings. The highest BCUT2D eigenvalue weighted by atomic mass is 35.5. The van der Waals surface area contributed by atoms with Gasteiger partial charge in [-0.15, -0.1) is 11.3 Å². The molecule has 0 bridgehead atoms. The second kappa shape index (κ2) is 5.94. The van der Waals surface area contributed by atoms with Gasteiger partial charge in [0.1, 0.15) is 5.69 Å². The molecule has 4 rings (SSSR count). The van der Waals surface area contributed by atoms with Crippen molar-refractivity contribution in [1.29, 1.82) is 0 Å². The Kier molecular flexibility index (Phi) is 3.79. The maximum Gasteiger partial charge on any atom is 0.271 e. The molecule has 3 aromatic rings. The van der Waals surface area contributed by atoms with Crippen LogP contribution < -0.4 is 0 Å². The Bertz CT molecular complexity index is 837. The minimum Gasteiger partial charge on any atom is -0.341 e. The summed E-state index contributed by atoms with van der Waals surface area (Å²) >= 11 is 7.76. The zero-order valence-corrected chi connectivity index (χ0v) is 13.9. The number of rotatable bonds is 2. The maximum absolute atomic E-state index is 12.3. The zero-order valence-electron chi connectivity index (χ0n) is 12.3. The third-order valence-corrected chi connectivity index (χ3v) is 5.66. The summed E-state index contributed by atoms with van der Waals surface area (Å²) in [7, 11) is 0. The number of carbonyl (C=O) groups is 1. The number of benzene rings is 1. The number of H-pyrrole nitrogens is 1. The first-order valence-electron chi connectivity index (χ1n) is 7.54. The number of halogens is 1. The first-order chi connectivity index (χ1) is 11.2. The Morgan fingerprint density at radius 1 is 1.35 bits per heavy atom. The van der Waals surface area contributed by atoms with Crippen LogP contribution in [0.2, 0.25) is 5.02 Å². The number of likely N-dealkylation sites (tertiary alicyclic amines) is 1. The van der Waals surface area contributed by atoms with Crippen molar-refractivity contribution >= 4 is 39.1 Å². The van der Waals surface area contributed by atoms with E-state index in [2.05, 4.69) is 9.97 Å². The summed E-state index contributed by atoms with van der Waals surface area (Å²) in [5.41, 5.74) is 1.52. The molecule has 1 N–H and O–H groups in total. The van der Waals surface area contributed by atoms with Crippen LogP contribution in [0, 0.1) is 0 Å². The van der Waals surface area contributed by atoms with Gasteiger partial charge in [0.25, 0.3) is 5.91 Å². The first kappa shape index (κ1) is 14.7. The predicted octanol–water partition coefficient (Wildman–Crippen LogP) is 3.69. The molecular formula is C16H15ClN4OS. The van der Waals surface area contributed by atoms with Crippen molar-refractivity contribution in [3.05, 3.63) is 46.4 Å². The van der Waals surface area contributed by atoms with Gasteiger partial charge in [-0.25, -0.2) is 9.97 Å². The smallest absolute Gasteiger partial charge is 0.271 e. The van der Waals surface area contributed by atoms with E-state index in [-0.39, 0.29) is 5.91 Å². The van der Waals surface area contributed by atoms with Crippen LogP contribution in [0.3, 0.4) is 0 Å². The van der Waals surface area contributed by atoms with E-state index in [0.717, 1.165) is 36.5 Å². The van der Waals surface area contributed by atoms with E-state index in [0.29, 0.717) is 16.6 Å². The first-order valence-corrected chi connectivity index (χ1v) is 8.74. The molecule has 1 aliphatic rings. The fourth-order valence-electron chi connectivity index (χ4n) is 2.97. The van der Waals surface area contributed by atoms with Crippen LogP contribution in [-0.4, -0.2) is 38.8 Å². The lowest BCUT2D eigenvalue weighted by Gasteiger charge is -2.30. The van der Waals surface area contributed by atoms with E-state index in [1.165, 1.54) is 11.0 Å². The Hall–Kier alpha value is -1.92. The molecule has 23 heavy (non-hydrogen) atoms. The summed E-state index contributed by atoms with van der Waals surface area (Å²) in [6.45, 7) is 1.50. The van der Waals surface area contributed by atoms with Crippen LogP contribution >= 0.6 is 22.9 Å². The van der Waals surface area contributed by atoms with Gasteiger partial charge < -0.3 is 9.88 Å². The Labute approximate surface area is 142 Å². The van der Waals surface area contributed by atoms with E-state index in [4.69, 9.17) is 16.6 Å². The number of amides is 1. The number of nitrogens with one attached hydrogen (secondary N) is 1. The maximum atomic E-state index is 12.3.